The van der Waals surface area contributed by atoms with E-state index in [9.17, 15) is 0 Å². The second kappa shape index (κ2) is 6.55. The van der Waals surface area contributed by atoms with Gasteiger partial charge in [0.15, 0.2) is 0 Å². The summed E-state index contributed by atoms with van der Waals surface area (Å²) in [6.07, 6.45) is 2.36. The lowest BCUT2D eigenvalue weighted by atomic mass is 9.98. The van der Waals surface area contributed by atoms with E-state index in [2.05, 4.69) is 15.1 Å². The molecule has 2 N–H and O–H groups in total. The average molecular weight is 227 g/mol. The summed E-state index contributed by atoms with van der Waals surface area (Å²) in [5.74, 6) is 0.565. The van der Waals surface area contributed by atoms with Gasteiger partial charge in [0.25, 0.3) is 0 Å². The molecular weight excluding hydrogens is 202 g/mol. The van der Waals surface area contributed by atoms with Crippen LogP contribution in [0.2, 0.25) is 0 Å². The molecular formula is C12H25N3O. The molecule has 2 fully saturated rings. The quantitative estimate of drug-likeness (QED) is 0.685. The molecule has 4 nitrogen and oxygen atoms in total. The van der Waals surface area contributed by atoms with E-state index in [1.54, 1.807) is 0 Å². The molecule has 0 aromatic rings. The van der Waals surface area contributed by atoms with E-state index in [1.165, 1.54) is 52.1 Å². The molecule has 0 spiro atoms. The molecule has 2 heterocycles. The van der Waals surface area contributed by atoms with Crippen molar-refractivity contribution in [3.8, 4) is 0 Å². The molecule has 0 atom stereocenters. The van der Waals surface area contributed by atoms with Crippen molar-refractivity contribution in [3.05, 3.63) is 0 Å². The van der Waals surface area contributed by atoms with Crippen molar-refractivity contribution in [3.63, 3.8) is 0 Å². The normalized spacial score (nSPS) is 26.1. The summed E-state index contributed by atoms with van der Waals surface area (Å²) in [6, 6.07) is 0. The van der Waals surface area contributed by atoms with Crippen LogP contribution < -0.4 is 5.32 Å². The van der Waals surface area contributed by atoms with Crippen molar-refractivity contribution < 1.29 is 5.11 Å². The second-order valence-corrected chi connectivity index (χ2v) is 5.06. The Balaban J connectivity index is 1.59. The number of hydrogen-bond acceptors (Lipinski definition) is 4. The fourth-order valence-electron chi connectivity index (χ4n) is 2.61. The first-order valence-corrected chi connectivity index (χ1v) is 6.65. The third-order valence-electron chi connectivity index (χ3n) is 3.91. The lowest BCUT2D eigenvalue weighted by Gasteiger charge is -2.34. The minimum absolute atomic E-state index is 0.381. The highest BCUT2D eigenvalue weighted by atomic mass is 16.3. The van der Waals surface area contributed by atoms with Gasteiger partial charge in [-0.1, -0.05) is 0 Å². The second-order valence-electron chi connectivity index (χ2n) is 5.06. The molecule has 0 aliphatic carbocycles. The Morgan fingerprint density at radius 1 is 0.938 bits per heavy atom. The van der Waals surface area contributed by atoms with Gasteiger partial charge in [0.1, 0.15) is 0 Å². The van der Waals surface area contributed by atoms with Gasteiger partial charge >= 0.3 is 0 Å². The first kappa shape index (κ1) is 12.3. The number of nitrogens with one attached hydrogen (secondary N) is 1. The molecule has 2 rings (SSSR count). The maximum atomic E-state index is 9.08. The number of rotatable bonds is 4. The summed E-state index contributed by atoms with van der Waals surface area (Å²) < 4.78 is 0. The monoisotopic (exact) mass is 227 g/mol. The van der Waals surface area contributed by atoms with Crippen LogP contribution in [-0.4, -0.2) is 73.9 Å². The van der Waals surface area contributed by atoms with Crippen molar-refractivity contribution in [1.29, 1.82) is 0 Å². The van der Waals surface area contributed by atoms with Gasteiger partial charge in [0.05, 0.1) is 0 Å². The SMILES string of the molecule is OCC1CCN(CCN2CCNCC2)CC1. The first-order valence-electron chi connectivity index (χ1n) is 6.65. The smallest absolute Gasteiger partial charge is 0.0460 e. The van der Waals surface area contributed by atoms with Crippen molar-refractivity contribution in [2.45, 2.75) is 12.8 Å². The Morgan fingerprint density at radius 2 is 1.50 bits per heavy atom. The highest BCUT2D eigenvalue weighted by molar-refractivity contribution is 4.74. The summed E-state index contributed by atoms with van der Waals surface area (Å²) in [7, 11) is 0. The van der Waals surface area contributed by atoms with Crippen LogP contribution in [0.15, 0.2) is 0 Å². The van der Waals surface area contributed by atoms with Crippen LogP contribution in [0, 0.1) is 5.92 Å². The summed E-state index contributed by atoms with van der Waals surface area (Å²) in [4.78, 5) is 5.10. The van der Waals surface area contributed by atoms with Gasteiger partial charge in [-0.05, 0) is 31.8 Å². The minimum Gasteiger partial charge on any atom is -0.396 e. The summed E-state index contributed by atoms with van der Waals surface area (Å²) in [6.45, 7) is 9.85. The summed E-state index contributed by atoms with van der Waals surface area (Å²) in [5.41, 5.74) is 0. The van der Waals surface area contributed by atoms with E-state index < -0.39 is 0 Å². The van der Waals surface area contributed by atoms with Crippen LogP contribution >= 0.6 is 0 Å². The molecule has 4 heteroatoms. The third kappa shape index (κ3) is 3.70. The Kier molecular flexibility index (Phi) is 5.03. The Labute approximate surface area is 98.6 Å². The number of piperidine rings is 1. The molecule has 2 aliphatic heterocycles. The van der Waals surface area contributed by atoms with E-state index in [0.29, 0.717) is 12.5 Å². The lowest BCUT2D eigenvalue weighted by Crippen LogP contribution is -2.47. The molecule has 0 aromatic heterocycles. The molecule has 0 radical (unpaired) electrons. The van der Waals surface area contributed by atoms with Gasteiger partial charge in [0.2, 0.25) is 0 Å². The van der Waals surface area contributed by atoms with Crippen molar-refractivity contribution in [2.75, 3.05) is 59.0 Å². The number of hydrogen-bond donors (Lipinski definition) is 2. The molecule has 16 heavy (non-hydrogen) atoms. The van der Waals surface area contributed by atoms with Crippen LogP contribution in [0.1, 0.15) is 12.8 Å². The van der Waals surface area contributed by atoms with Gasteiger partial charge < -0.3 is 15.3 Å². The zero-order valence-electron chi connectivity index (χ0n) is 10.2. The number of nitrogens with zero attached hydrogens (tertiary/aromatic N) is 2. The van der Waals surface area contributed by atoms with Gasteiger partial charge in [-0.25, -0.2) is 0 Å². The first-order chi connectivity index (χ1) is 7.88. The highest BCUT2D eigenvalue weighted by Crippen LogP contribution is 2.15. The van der Waals surface area contributed by atoms with Gasteiger partial charge in [-0.2, -0.15) is 0 Å². The van der Waals surface area contributed by atoms with Crippen LogP contribution in [0.3, 0.4) is 0 Å². The number of likely N-dealkylation sites (tertiary alicyclic amines) is 1. The molecule has 0 bridgehead atoms. The zero-order valence-corrected chi connectivity index (χ0v) is 10.2. The third-order valence-corrected chi connectivity index (χ3v) is 3.91. The van der Waals surface area contributed by atoms with Crippen molar-refractivity contribution in [1.82, 2.24) is 15.1 Å². The van der Waals surface area contributed by atoms with Crippen LogP contribution in [0.4, 0.5) is 0 Å². The van der Waals surface area contributed by atoms with Crippen molar-refractivity contribution >= 4 is 0 Å². The Morgan fingerprint density at radius 3 is 2.06 bits per heavy atom. The number of aliphatic hydroxyl groups excluding tert-OH is 1. The summed E-state index contributed by atoms with van der Waals surface area (Å²) >= 11 is 0. The maximum absolute atomic E-state index is 9.08. The van der Waals surface area contributed by atoms with Gasteiger partial charge in [-0.15, -0.1) is 0 Å². The van der Waals surface area contributed by atoms with E-state index in [0.717, 1.165) is 13.1 Å². The predicted molar refractivity (Wildman–Crippen MR) is 65.6 cm³/mol. The number of aliphatic hydroxyl groups is 1. The number of piperazine rings is 1. The van der Waals surface area contributed by atoms with E-state index in [4.69, 9.17) is 5.11 Å². The van der Waals surface area contributed by atoms with Crippen molar-refractivity contribution in [2.24, 2.45) is 5.92 Å². The molecule has 0 unspecified atom stereocenters. The maximum Gasteiger partial charge on any atom is 0.0460 e. The van der Waals surface area contributed by atoms with Gasteiger partial charge in [0, 0.05) is 45.9 Å². The fraction of sp³-hybridized carbons (Fsp3) is 1.00. The molecule has 2 saturated heterocycles. The largest absolute Gasteiger partial charge is 0.396 e. The fourth-order valence-corrected chi connectivity index (χ4v) is 2.61. The summed E-state index contributed by atoms with van der Waals surface area (Å²) in [5, 5.41) is 12.5. The predicted octanol–water partition coefficient (Wildman–Crippen LogP) is -0.404. The molecule has 0 saturated carbocycles. The lowest BCUT2D eigenvalue weighted by molar-refractivity contribution is 0.117. The zero-order chi connectivity index (χ0) is 11.2. The van der Waals surface area contributed by atoms with Crippen LogP contribution in [0.5, 0.6) is 0 Å². The molecule has 94 valence electrons. The Bertz CT molecular complexity index is 187. The van der Waals surface area contributed by atoms with Crippen LogP contribution in [0.25, 0.3) is 0 Å². The standard InChI is InChI=1S/C12H25N3O/c16-11-12-1-5-14(6-2-12)9-10-15-7-3-13-4-8-15/h12-13,16H,1-11H2. The molecule has 2 aliphatic rings. The van der Waals surface area contributed by atoms with Crippen LogP contribution in [-0.2, 0) is 0 Å². The minimum atomic E-state index is 0.381. The van der Waals surface area contributed by atoms with E-state index in [1.807, 2.05) is 0 Å². The van der Waals surface area contributed by atoms with Gasteiger partial charge in [-0.3, -0.25) is 4.90 Å². The van der Waals surface area contributed by atoms with E-state index in [-0.39, 0.29) is 0 Å². The highest BCUT2D eigenvalue weighted by Gasteiger charge is 2.19. The molecule has 0 amide bonds. The molecule has 0 aromatic carbocycles. The average Bonchev–Trinajstić information content (AvgIpc) is 2.38. The topological polar surface area (TPSA) is 38.7 Å². The Hall–Kier alpha value is -0.160. The van der Waals surface area contributed by atoms with E-state index >= 15 is 0 Å².